The van der Waals surface area contributed by atoms with Crippen LogP contribution >= 0.6 is 11.6 Å². The maximum Gasteiger partial charge on any atom is 0.335 e. The van der Waals surface area contributed by atoms with Crippen LogP contribution in [-0.2, 0) is 13.6 Å². The number of hydrogen-bond donors (Lipinski definition) is 1. The number of H-pyrrole nitrogens is 1. The molecule has 0 radical (unpaired) electrons. The summed E-state index contributed by atoms with van der Waals surface area (Å²) in [7, 11) is 2.85. The van der Waals surface area contributed by atoms with Crippen LogP contribution in [0.25, 0.3) is 0 Å². The highest BCUT2D eigenvalue weighted by Crippen LogP contribution is 2.34. The molecule has 0 atom stereocenters. The SMILES string of the molecule is COc1cc(/N=c2\[nH]c(=O)n(C)c(=O)n2Cc2ccc(Cl)cc2)ccc1Oc1cccc(C#N)n1. The molecule has 0 unspecified atom stereocenters. The van der Waals surface area contributed by atoms with Crippen molar-refractivity contribution in [1.29, 1.82) is 5.26 Å². The lowest BCUT2D eigenvalue weighted by molar-refractivity contribution is 0.374. The van der Waals surface area contributed by atoms with Gasteiger partial charge < -0.3 is 9.47 Å². The second-order valence-corrected chi connectivity index (χ2v) is 7.77. The van der Waals surface area contributed by atoms with E-state index in [0.29, 0.717) is 22.2 Å². The zero-order valence-corrected chi connectivity index (χ0v) is 19.5. The Morgan fingerprint density at radius 1 is 1.11 bits per heavy atom. The van der Waals surface area contributed by atoms with Gasteiger partial charge in [0.05, 0.1) is 19.3 Å². The molecule has 4 rings (SSSR count). The smallest absolute Gasteiger partial charge is 0.335 e. The van der Waals surface area contributed by atoms with Crippen molar-refractivity contribution in [2.75, 3.05) is 7.11 Å². The first-order valence-electron chi connectivity index (χ1n) is 10.3. The maximum atomic E-state index is 12.8. The van der Waals surface area contributed by atoms with Crippen molar-refractivity contribution in [3.63, 3.8) is 0 Å². The van der Waals surface area contributed by atoms with Crippen molar-refractivity contribution < 1.29 is 9.47 Å². The van der Waals surface area contributed by atoms with Crippen LogP contribution in [0.1, 0.15) is 11.3 Å². The first kappa shape index (κ1) is 23.5. The number of halogens is 1. The van der Waals surface area contributed by atoms with E-state index in [9.17, 15) is 9.59 Å². The topological polar surface area (TPSA) is 127 Å². The second-order valence-electron chi connectivity index (χ2n) is 7.33. The molecule has 4 aromatic rings. The predicted octanol–water partition coefficient (Wildman–Crippen LogP) is 2.88. The maximum absolute atomic E-state index is 12.8. The fraction of sp³-hybridized carbons (Fsp3) is 0.125. The van der Waals surface area contributed by atoms with Gasteiger partial charge in [0, 0.05) is 24.2 Å². The van der Waals surface area contributed by atoms with Crippen LogP contribution in [0.3, 0.4) is 0 Å². The summed E-state index contributed by atoms with van der Waals surface area (Å²) in [6.07, 6.45) is 0. The molecule has 176 valence electrons. The van der Waals surface area contributed by atoms with Gasteiger partial charge in [-0.15, -0.1) is 0 Å². The molecular formula is C24H19ClN6O4. The normalized spacial score (nSPS) is 11.2. The molecule has 2 aromatic heterocycles. The van der Waals surface area contributed by atoms with Gasteiger partial charge in [-0.1, -0.05) is 29.8 Å². The highest BCUT2D eigenvalue weighted by Gasteiger charge is 2.11. The third-order valence-electron chi connectivity index (χ3n) is 4.99. The highest BCUT2D eigenvalue weighted by atomic mass is 35.5. The molecule has 0 aliphatic carbocycles. The van der Waals surface area contributed by atoms with Crippen molar-refractivity contribution in [1.82, 2.24) is 19.1 Å². The van der Waals surface area contributed by atoms with Crippen LogP contribution in [0.4, 0.5) is 5.69 Å². The van der Waals surface area contributed by atoms with E-state index in [2.05, 4.69) is 15.0 Å². The molecule has 0 aliphatic rings. The Labute approximate surface area is 204 Å². The first-order chi connectivity index (χ1) is 16.9. The Balaban J connectivity index is 1.75. The Morgan fingerprint density at radius 3 is 2.60 bits per heavy atom. The van der Waals surface area contributed by atoms with Gasteiger partial charge in [-0.3, -0.25) is 9.55 Å². The molecule has 0 aliphatic heterocycles. The predicted molar refractivity (Wildman–Crippen MR) is 128 cm³/mol. The molecule has 0 amide bonds. The molecular weight excluding hydrogens is 472 g/mol. The monoisotopic (exact) mass is 490 g/mol. The number of rotatable bonds is 6. The third-order valence-corrected chi connectivity index (χ3v) is 5.24. The van der Waals surface area contributed by atoms with Gasteiger partial charge in [0.15, 0.2) is 11.5 Å². The van der Waals surface area contributed by atoms with Crippen LogP contribution in [0.2, 0.25) is 5.02 Å². The molecule has 0 fully saturated rings. The Hall–Kier alpha value is -4.62. The summed E-state index contributed by atoms with van der Waals surface area (Å²) in [5.41, 5.74) is 0.351. The Morgan fingerprint density at radius 2 is 1.89 bits per heavy atom. The summed E-state index contributed by atoms with van der Waals surface area (Å²) in [5.74, 6) is 0.912. The van der Waals surface area contributed by atoms with E-state index in [-0.39, 0.29) is 23.7 Å². The lowest BCUT2D eigenvalue weighted by Gasteiger charge is -2.11. The van der Waals surface area contributed by atoms with E-state index < -0.39 is 11.4 Å². The quantitative estimate of drug-likeness (QED) is 0.442. The van der Waals surface area contributed by atoms with E-state index in [1.807, 2.05) is 6.07 Å². The molecule has 0 spiro atoms. The minimum Gasteiger partial charge on any atom is -0.493 e. The van der Waals surface area contributed by atoms with Gasteiger partial charge in [-0.2, -0.15) is 5.26 Å². The van der Waals surface area contributed by atoms with Crippen LogP contribution in [0, 0.1) is 11.3 Å². The average molecular weight is 491 g/mol. The number of pyridine rings is 1. The highest BCUT2D eigenvalue weighted by molar-refractivity contribution is 6.30. The van der Waals surface area contributed by atoms with Gasteiger partial charge in [0.1, 0.15) is 11.8 Å². The number of aromatic amines is 1. The summed E-state index contributed by atoms with van der Waals surface area (Å²) < 4.78 is 13.5. The number of nitrogens with zero attached hydrogens (tertiary/aromatic N) is 5. The molecule has 35 heavy (non-hydrogen) atoms. The molecule has 0 saturated carbocycles. The molecule has 2 heterocycles. The first-order valence-corrected chi connectivity index (χ1v) is 10.7. The average Bonchev–Trinajstić information content (AvgIpc) is 2.87. The van der Waals surface area contributed by atoms with Crippen LogP contribution < -0.4 is 26.5 Å². The number of methoxy groups -OCH3 is 1. The van der Waals surface area contributed by atoms with E-state index >= 15 is 0 Å². The standard InChI is InChI=1S/C24H19ClN6O4/c1-30-23(32)29-22(31(24(30)33)14-15-6-8-16(25)9-7-15)28-17-10-11-19(20(12-17)34-2)35-21-5-3-4-18(13-26)27-21/h3-12H,14H2,1-2H3,(H,28,29,32). The van der Waals surface area contributed by atoms with Crippen molar-refractivity contribution in [3.8, 4) is 23.4 Å². The van der Waals surface area contributed by atoms with Crippen LogP contribution in [0.5, 0.6) is 17.4 Å². The van der Waals surface area contributed by atoms with Crippen LogP contribution in [0.15, 0.2) is 75.2 Å². The summed E-state index contributed by atoms with van der Waals surface area (Å²) >= 11 is 5.96. The number of aromatic nitrogens is 4. The largest absolute Gasteiger partial charge is 0.493 e. The molecule has 11 heteroatoms. The minimum absolute atomic E-state index is 0.0622. The lowest BCUT2D eigenvalue weighted by Crippen LogP contribution is -2.48. The van der Waals surface area contributed by atoms with Gasteiger partial charge in [0.2, 0.25) is 11.5 Å². The Bertz CT molecular complexity index is 1610. The van der Waals surface area contributed by atoms with Gasteiger partial charge in [-0.05, 0) is 35.9 Å². The number of nitriles is 1. The Kier molecular flexibility index (Phi) is 6.80. The number of benzene rings is 2. The van der Waals surface area contributed by atoms with E-state index in [0.717, 1.165) is 10.1 Å². The molecule has 0 bridgehead atoms. The van der Waals surface area contributed by atoms with Crippen molar-refractivity contribution in [3.05, 3.63) is 104 Å². The molecule has 10 nitrogen and oxygen atoms in total. The van der Waals surface area contributed by atoms with Crippen molar-refractivity contribution >= 4 is 17.3 Å². The van der Waals surface area contributed by atoms with Crippen molar-refractivity contribution in [2.45, 2.75) is 6.54 Å². The number of nitrogens with one attached hydrogen (secondary N) is 1. The van der Waals surface area contributed by atoms with Crippen molar-refractivity contribution in [2.24, 2.45) is 12.0 Å². The van der Waals surface area contributed by atoms with Gasteiger partial charge in [0.25, 0.3) is 0 Å². The number of hydrogen-bond acceptors (Lipinski definition) is 7. The summed E-state index contributed by atoms with van der Waals surface area (Å²) in [6, 6.07) is 18.6. The molecule has 0 saturated heterocycles. The summed E-state index contributed by atoms with van der Waals surface area (Å²) in [6.45, 7) is 0.165. The van der Waals surface area contributed by atoms with E-state index in [1.165, 1.54) is 18.7 Å². The lowest BCUT2D eigenvalue weighted by atomic mass is 10.2. The molecule has 1 N–H and O–H groups in total. The molecule has 2 aromatic carbocycles. The fourth-order valence-corrected chi connectivity index (χ4v) is 3.31. The zero-order valence-electron chi connectivity index (χ0n) is 18.7. The van der Waals surface area contributed by atoms with Gasteiger partial charge >= 0.3 is 11.4 Å². The zero-order chi connectivity index (χ0) is 24.9. The number of ether oxygens (including phenoxy) is 2. The third kappa shape index (κ3) is 5.31. The second kappa shape index (κ2) is 10.1. The van der Waals surface area contributed by atoms with E-state index in [1.54, 1.807) is 60.7 Å². The summed E-state index contributed by atoms with van der Waals surface area (Å²) in [4.78, 5) is 36.3. The van der Waals surface area contributed by atoms with Gasteiger partial charge in [-0.25, -0.2) is 24.1 Å². The van der Waals surface area contributed by atoms with Crippen LogP contribution in [-0.4, -0.2) is 26.2 Å². The van der Waals surface area contributed by atoms with E-state index in [4.69, 9.17) is 26.3 Å². The minimum atomic E-state index is -0.600. The summed E-state index contributed by atoms with van der Waals surface area (Å²) in [5, 5.41) is 9.60. The fourth-order valence-electron chi connectivity index (χ4n) is 3.19.